The van der Waals surface area contributed by atoms with Gasteiger partial charge in [0.2, 0.25) is 0 Å². The highest BCUT2D eigenvalue weighted by atomic mass is 16.5. The Morgan fingerprint density at radius 1 is 0.708 bits per heavy atom. The summed E-state index contributed by atoms with van der Waals surface area (Å²) in [6.45, 7) is 3.79. The third-order valence-electron chi connectivity index (χ3n) is 8.80. The number of Topliss-reactive ketones (excluding diaryl/α,β-unsaturated/α-hetero) is 2. The van der Waals surface area contributed by atoms with Crippen LogP contribution in [0.1, 0.15) is 87.4 Å². The van der Waals surface area contributed by atoms with Crippen molar-refractivity contribution in [1.29, 1.82) is 0 Å². The summed E-state index contributed by atoms with van der Waals surface area (Å²) in [5, 5.41) is 45.1. The summed E-state index contributed by atoms with van der Waals surface area (Å²) in [6.07, 6.45) is 0.149. The molecule has 0 saturated carbocycles. The van der Waals surface area contributed by atoms with Crippen molar-refractivity contribution < 1.29 is 49.0 Å². The third kappa shape index (κ3) is 5.85. The number of carbonyl (C=O) groups excluding carboxylic acids is 2. The standard InChI is InChI=1S/C38H36O10/c1-19(2)5-14-24-35(43)26(36(44)34-30(42)18-32(47-37(24)34)21-8-12-23(46-4)13-9-21)15-25-27(39)16-28(40)33-29(41)17-31(48-38(25)33)20-6-10-22(45-3)11-7-20/h5-13,16,31-32,39-40,43-44H,14-15,17-18H2,1-4H3. The van der Waals surface area contributed by atoms with E-state index in [0.29, 0.717) is 17.1 Å². The van der Waals surface area contributed by atoms with Crippen LogP contribution in [0.5, 0.6) is 46.0 Å². The number of carbonyl (C=O) groups is 2. The molecular weight excluding hydrogens is 616 g/mol. The maximum absolute atomic E-state index is 13.7. The number of allylic oxidation sites excluding steroid dienone is 2. The van der Waals surface area contributed by atoms with E-state index in [0.717, 1.165) is 17.2 Å². The van der Waals surface area contributed by atoms with Gasteiger partial charge in [-0.2, -0.15) is 0 Å². The van der Waals surface area contributed by atoms with E-state index < -0.39 is 41.0 Å². The Labute approximate surface area is 277 Å². The fourth-order valence-corrected chi connectivity index (χ4v) is 6.20. The van der Waals surface area contributed by atoms with Crippen LogP contribution in [0, 0.1) is 0 Å². The van der Waals surface area contributed by atoms with E-state index in [-0.39, 0.29) is 70.7 Å². The molecule has 248 valence electrons. The van der Waals surface area contributed by atoms with E-state index in [1.165, 1.54) is 0 Å². The van der Waals surface area contributed by atoms with Gasteiger partial charge in [0.05, 0.1) is 27.1 Å². The lowest BCUT2D eigenvalue weighted by Gasteiger charge is -2.30. The van der Waals surface area contributed by atoms with Gasteiger partial charge >= 0.3 is 0 Å². The SMILES string of the molecule is COc1ccc(C2CC(=O)c3c(O)cc(O)c(Cc4c(O)c(CC=C(C)C)c5c(c4O)C(=O)CC(c4ccc(OC)cc4)O5)c3O2)cc1. The summed E-state index contributed by atoms with van der Waals surface area (Å²) in [4.78, 5) is 27.1. The molecule has 4 N–H and O–H groups in total. The van der Waals surface area contributed by atoms with Gasteiger partial charge < -0.3 is 39.4 Å². The highest BCUT2D eigenvalue weighted by Gasteiger charge is 2.38. The summed E-state index contributed by atoms with van der Waals surface area (Å²) < 4.78 is 23.1. The first-order chi connectivity index (χ1) is 23.0. The quantitative estimate of drug-likeness (QED) is 0.146. The number of ketones is 2. The lowest BCUT2D eigenvalue weighted by molar-refractivity contribution is 0.0833. The third-order valence-corrected chi connectivity index (χ3v) is 8.80. The van der Waals surface area contributed by atoms with Gasteiger partial charge in [-0.1, -0.05) is 35.9 Å². The average molecular weight is 653 g/mol. The number of hydrogen-bond acceptors (Lipinski definition) is 10. The van der Waals surface area contributed by atoms with Crippen LogP contribution in [0.15, 0.2) is 66.2 Å². The molecule has 6 rings (SSSR count). The molecule has 0 spiro atoms. The van der Waals surface area contributed by atoms with Crippen LogP contribution in [0.4, 0.5) is 0 Å². The lowest BCUT2D eigenvalue weighted by atomic mass is 9.87. The normalized spacial score (nSPS) is 16.7. The first-order valence-corrected chi connectivity index (χ1v) is 15.5. The van der Waals surface area contributed by atoms with Crippen LogP contribution < -0.4 is 18.9 Å². The number of fused-ring (bicyclic) bond motifs is 2. The van der Waals surface area contributed by atoms with E-state index in [2.05, 4.69) is 0 Å². The average Bonchev–Trinajstić information content (AvgIpc) is 3.07. The molecule has 0 fully saturated rings. The van der Waals surface area contributed by atoms with Crippen molar-refractivity contribution in [2.45, 2.75) is 51.7 Å². The minimum Gasteiger partial charge on any atom is -0.507 e. The molecule has 10 heteroatoms. The van der Waals surface area contributed by atoms with E-state index >= 15 is 0 Å². The number of phenolic OH excluding ortho intramolecular Hbond substituents is 4. The summed E-state index contributed by atoms with van der Waals surface area (Å²) in [6, 6.07) is 15.1. The summed E-state index contributed by atoms with van der Waals surface area (Å²) >= 11 is 0. The van der Waals surface area contributed by atoms with E-state index in [1.54, 1.807) is 62.8 Å². The molecule has 0 radical (unpaired) electrons. The number of methoxy groups -OCH3 is 2. The zero-order valence-electron chi connectivity index (χ0n) is 27.0. The fourth-order valence-electron chi connectivity index (χ4n) is 6.20. The largest absolute Gasteiger partial charge is 0.507 e. The highest BCUT2D eigenvalue weighted by Crippen LogP contribution is 2.52. The van der Waals surface area contributed by atoms with Crippen LogP contribution in [0.3, 0.4) is 0 Å². The monoisotopic (exact) mass is 652 g/mol. The second-order valence-electron chi connectivity index (χ2n) is 12.1. The number of aromatic hydroxyl groups is 4. The van der Waals surface area contributed by atoms with Crippen molar-refractivity contribution in [3.8, 4) is 46.0 Å². The van der Waals surface area contributed by atoms with Gasteiger partial charge in [-0.25, -0.2) is 0 Å². The Bertz CT molecular complexity index is 1940. The zero-order chi connectivity index (χ0) is 34.3. The van der Waals surface area contributed by atoms with Gasteiger partial charge in [0.15, 0.2) is 11.6 Å². The molecule has 0 bridgehead atoms. The van der Waals surface area contributed by atoms with Crippen LogP contribution >= 0.6 is 0 Å². The highest BCUT2D eigenvalue weighted by molar-refractivity contribution is 6.05. The van der Waals surface area contributed by atoms with E-state index in [4.69, 9.17) is 18.9 Å². The van der Waals surface area contributed by atoms with E-state index in [1.807, 2.05) is 19.9 Å². The summed E-state index contributed by atoms with van der Waals surface area (Å²) in [7, 11) is 3.10. The molecule has 0 aromatic heterocycles. The topological polar surface area (TPSA) is 152 Å². The van der Waals surface area contributed by atoms with Gasteiger partial charge in [-0.05, 0) is 55.7 Å². The molecular formula is C38H36O10. The predicted molar refractivity (Wildman–Crippen MR) is 176 cm³/mol. The van der Waals surface area contributed by atoms with Gasteiger partial charge in [-0.15, -0.1) is 0 Å². The second kappa shape index (κ2) is 12.9. The Balaban J connectivity index is 1.45. The van der Waals surface area contributed by atoms with Gasteiger partial charge in [0.25, 0.3) is 0 Å². The van der Waals surface area contributed by atoms with Crippen LogP contribution in [-0.2, 0) is 12.8 Å². The van der Waals surface area contributed by atoms with Crippen molar-refractivity contribution in [1.82, 2.24) is 0 Å². The summed E-state index contributed by atoms with van der Waals surface area (Å²) in [5.41, 5.74) is 2.42. The van der Waals surface area contributed by atoms with Crippen molar-refractivity contribution in [2.75, 3.05) is 14.2 Å². The Morgan fingerprint density at radius 3 is 1.71 bits per heavy atom. The zero-order valence-corrected chi connectivity index (χ0v) is 27.0. The molecule has 2 atom stereocenters. The molecule has 2 unspecified atom stereocenters. The van der Waals surface area contributed by atoms with Crippen LogP contribution in [-0.4, -0.2) is 46.2 Å². The lowest BCUT2D eigenvalue weighted by Crippen LogP contribution is -2.23. The van der Waals surface area contributed by atoms with Gasteiger partial charge in [0.1, 0.15) is 69.3 Å². The van der Waals surface area contributed by atoms with Crippen LogP contribution in [0.25, 0.3) is 0 Å². The minimum absolute atomic E-state index is 0.0494. The number of ether oxygens (including phenoxy) is 4. The molecule has 0 saturated heterocycles. The van der Waals surface area contributed by atoms with Gasteiger partial charge in [-0.3, -0.25) is 9.59 Å². The van der Waals surface area contributed by atoms with Gasteiger partial charge in [0, 0.05) is 29.2 Å². The van der Waals surface area contributed by atoms with E-state index in [9.17, 15) is 30.0 Å². The second-order valence-corrected chi connectivity index (χ2v) is 12.1. The van der Waals surface area contributed by atoms with Crippen LogP contribution in [0.2, 0.25) is 0 Å². The Morgan fingerprint density at radius 2 is 1.21 bits per heavy atom. The number of hydrogen-bond donors (Lipinski definition) is 4. The molecule has 10 nitrogen and oxygen atoms in total. The molecule has 0 amide bonds. The molecule has 48 heavy (non-hydrogen) atoms. The van der Waals surface area contributed by atoms with Crippen molar-refractivity contribution in [3.63, 3.8) is 0 Å². The van der Waals surface area contributed by atoms with Crippen molar-refractivity contribution in [2.24, 2.45) is 0 Å². The Hall–Kier alpha value is -5.64. The first-order valence-electron chi connectivity index (χ1n) is 15.5. The number of phenols is 4. The maximum atomic E-state index is 13.7. The summed E-state index contributed by atoms with van der Waals surface area (Å²) in [5.74, 6) is -1.25. The minimum atomic E-state index is -0.750. The predicted octanol–water partition coefficient (Wildman–Crippen LogP) is 7.04. The Kier molecular flexibility index (Phi) is 8.66. The first kappa shape index (κ1) is 32.3. The maximum Gasteiger partial charge on any atom is 0.174 e. The smallest absolute Gasteiger partial charge is 0.174 e. The fraction of sp³-hybridized carbons (Fsp3) is 0.263. The molecule has 2 aliphatic rings. The molecule has 4 aromatic carbocycles. The van der Waals surface area contributed by atoms with Crippen molar-refractivity contribution in [3.05, 3.63) is 105 Å². The van der Waals surface area contributed by atoms with Crippen molar-refractivity contribution >= 4 is 11.6 Å². The molecule has 2 aliphatic heterocycles. The number of benzene rings is 4. The molecule has 0 aliphatic carbocycles. The molecule has 4 aromatic rings. The molecule has 2 heterocycles. The number of rotatable bonds is 8.